The van der Waals surface area contributed by atoms with Crippen molar-refractivity contribution < 1.29 is 9.84 Å². The largest absolute Gasteiger partial charge is 0.491 e. The van der Waals surface area contributed by atoms with Crippen LogP contribution >= 0.6 is 11.6 Å². The van der Waals surface area contributed by atoms with Crippen LogP contribution < -0.4 is 4.74 Å². The molecule has 80 valence electrons. The molecule has 0 aromatic heterocycles. The van der Waals surface area contributed by atoms with Gasteiger partial charge < -0.3 is 9.84 Å². The second-order valence-corrected chi connectivity index (χ2v) is 3.58. The van der Waals surface area contributed by atoms with Crippen LogP contribution in [0.25, 0.3) is 0 Å². The third kappa shape index (κ3) is 3.47. The van der Waals surface area contributed by atoms with Crippen molar-refractivity contribution in [3.05, 3.63) is 28.8 Å². The van der Waals surface area contributed by atoms with E-state index in [9.17, 15) is 5.11 Å². The lowest BCUT2D eigenvalue weighted by molar-refractivity contribution is 0.199. The molecule has 0 aliphatic carbocycles. The van der Waals surface area contributed by atoms with Crippen molar-refractivity contribution in [2.24, 2.45) is 0 Å². The number of aliphatic hydroxyl groups is 1. The average molecular weight is 225 g/mol. The zero-order chi connectivity index (χ0) is 11.3. The predicted molar refractivity (Wildman–Crippen MR) is 61.0 cm³/mol. The van der Waals surface area contributed by atoms with E-state index >= 15 is 0 Å². The Morgan fingerprint density at radius 2 is 2.33 bits per heavy atom. The number of terminal acetylenes is 1. The second kappa shape index (κ2) is 5.65. The highest BCUT2D eigenvalue weighted by Gasteiger charge is 2.06. The first kappa shape index (κ1) is 11.9. The van der Waals surface area contributed by atoms with Gasteiger partial charge in [-0.25, -0.2) is 0 Å². The van der Waals surface area contributed by atoms with E-state index in [1.54, 1.807) is 25.1 Å². The van der Waals surface area contributed by atoms with Crippen LogP contribution in [0.1, 0.15) is 25.0 Å². The molecule has 1 aromatic rings. The number of hydrogen-bond acceptors (Lipinski definition) is 2. The third-order valence-electron chi connectivity index (χ3n) is 1.94. The Bertz CT molecular complexity index is 366. The summed E-state index contributed by atoms with van der Waals surface area (Å²) < 4.78 is 5.36. The van der Waals surface area contributed by atoms with Crippen LogP contribution in [0.3, 0.4) is 0 Å². The predicted octanol–water partition coefficient (Wildman–Crippen LogP) is 2.80. The van der Waals surface area contributed by atoms with E-state index < -0.39 is 6.10 Å². The number of halogens is 1. The van der Waals surface area contributed by atoms with Gasteiger partial charge in [0.15, 0.2) is 0 Å². The smallest absolute Gasteiger partial charge is 0.137 e. The minimum absolute atomic E-state index is 0.449. The Kier molecular flexibility index (Phi) is 4.48. The monoisotopic (exact) mass is 224 g/mol. The Labute approximate surface area is 94.8 Å². The van der Waals surface area contributed by atoms with E-state index in [0.717, 1.165) is 5.56 Å². The van der Waals surface area contributed by atoms with Crippen LogP contribution in [0.4, 0.5) is 0 Å². The van der Waals surface area contributed by atoms with Gasteiger partial charge in [-0.2, -0.15) is 0 Å². The topological polar surface area (TPSA) is 29.5 Å². The Balaban J connectivity index is 2.71. The molecule has 15 heavy (non-hydrogen) atoms. The van der Waals surface area contributed by atoms with Crippen LogP contribution in [0.15, 0.2) is 18.2 Å². The number of ether oxygens (including phenoxy) is 1. The molecule has 1 atom stereocenters. The van der Waals surface area contributed by atoms with E-state index in [0.29, 0.717) is 23.8 Å². The molecule has 0 spiro atoms. The molecule has 3 heteroatoms. The van der Waals surface area contributed by atoms with Gasteiger partial charge in [-0.1, -0.05) is 17.7 Å². The first-order valence-electron chi connectivity index (χ1n) is 4.69. The molecule has 1 N–H and O–H groups in total. The minimum Gasteiger partial charge on any atom is -0.491 e. The van der Waals surface area contributed by atoms with Gasteiger partial charge >= 0.3 is 0 Å². The van der Waals surface area contributed by atoms with Crippen LogP contribution in [-0.4, -0.2) is 11.7 Å². The van der Waals surface area contributed by atoms with Gasteiger partial charge in [-0.05, 0) is 24.6 Å². The van der Waals surface area contributed by atoms with Crippen molar-refractivity contribution in [2.45, 2.75) is 19.4 Å². The van der Waals surface area contributed by atoms with Gasteiger partial charge in [0.1, 0.15) is 5.75 Å². The number of rotatable bonds is 4. The van der Waals surface area contributed by atoms with Gasteiger partial charge in [0.05, 0.1) is 17.7 Å². The van der Waals surface area contributed by atoms with Crippen molar-refractivity contribution in [1.82, 2.24) is 0 Å². The van der Waals surface area contributed by atoms with Gasteiger partial charge in [-0.15, -0.1) is 12.3 Å². The second-order valence-electron chi connectivity index (χ2n) is 3.17. The van der Waals surface area contributed by atoms with Crippen LogP contribution in [0, 0.1) is 12.3 Å². The molecule has 0 aliphatic rings. The highest BCUT2D eigenvalue weighted by Crippen LogP contribution is 2.27. The maximum atomic E-state index is 9.33. The zero-order valence-electron chi connectivity index (χ0n) is 8.53. The molecule has 1 unspecified atom stereocenters. The van der Waals surface area contributed by atoms with E-state index in [-0.39, 0.29) is 0 Å². The summed E-state index contributed by atoms with van der Waals surface area (Å²) in [4.78, 5) is 0. The van der Waals surface area contributed by atoms with Crippen molar-refractivity contribution in [3.63, 3.8) is 0 Å². The maximum Gasteiger partial charge on any atom is 0.137 e. The normalized spacial score (nSPS) is 11.9. The number of benzene rings is 1. The summed E-state index contributed by atoms with van der Waals surface area (Å²) in [6.07, 6.45) is 5.12. The molecule has 0 heterocycles. The Morgan fingerprint density at radius 1 is 1.60 bits per heavy atom. The lowest BCUT2D eigenvalue weighted by Gasteiger charge is -2.09. The lowest BCUT2D eigenvalue weighted by atomic mass is 10.1. The Hall–Kier alpha value is -1.17. The van der Waals surface area contributed by atoms with Gasteiger partial charge in [0.25, 0.3) is 0 Å². The molecular weight excluding hydrogens is 212 g/mol. The highest BCUT2D eigenvalue weighted by molar-refractivity contribution is 6.32. The summed E-state index contributed by atoms with van der Waals surface area (Å²) in [7, 11) is 0. The molecular formula is C12H13ClO2. The molecule has 0 aliphatic heterocycles. The fraction of sp³-hybridized carbons (Fsp3) is 0.333. The summed E-state index contributed by atoms with van der Waals surface area (Å²) in [6.45, 7) is 2.13. The first-order valence-corrected chi connectivity index (χ1v) is 5.06. The van der Waals surface area contributed by atoms with E-state index in [4.69, 9.17) is 22.8 Å². The molecule has 0 amide bonds. The van der Waals surface area contributed by atoms with Crippen LogP contribution in [-0.2, 0) is 0 Å². The first-order chi connectivity index (χ1) is 7.15. The Morgan fingerprint density at radius 3 is 2.87 bits per heavy atom. The van der Waals surface area contributed by atoms with Crippen molar-refractivity contribution in [2.75, 3.05) is 6.61 Å². The maximum absolute atomic E-state index is 9.33. The molecule has 0 bridgehead atoms. The number of hydrogen-bond donors (Lipinski definition) is 1. The quantitative estimate of drug-likeness (QED) is 0.630. The van der Waals surface area contributed by atoms with Crippen LogP contribution in [0.5, 0.6) is 5.75 Å². The minimum atomic E-state index is -0.526. The highest BCUT2D eigenvalue weighted by atomic mass is 35.5. The van der Waals surface area contributed by atoms with Crippen molar-refractivity contribution in [1.29, 1.82) is 0 Å². The molecule has 1 aromatic carbocycles. The molecule has 0 saturated carbocycles. The average Bonchev–Trinajstić information content (AvgIpc) is 2.20. The van der Waals surface area contributed by atoms with E-state index in [1.807, 2.05) is 0 Å². The summed E-state index contributed by atoms with van der Waals surface area (Å²) in [5, 5.41) is 9.82. The molecule has 1 rings (SSSR count). The molecule has 0 saturated heterocycles. The van der Waals surface area contributed by atoms with Gasteiger partial charge in [0, 0.05) is 6.42 Å². The van der Waals surface area contributed by atoms with Crippen molar-refractivity contribution >= 4 is 11.6 Å². The zero-order valence-corrected chi connectivity index (χ0v) is 9.29. The van der Waals surface area contributed by atoms with Gasteiger partial charge in [0.2, 0.25) is 0 Å². The molecule has 2 nitrogen and oxygen atoms in total. The number of aliphatic hydroxyl groups excluding tert-OH is 1. The standard InChI is InChI=1S/C12H13ClO2/c1-3-4-7-15-12-6-5-10(9(2)14)8-11(12)13/h1,5-6,8-9,14H,4,7H2,2H3. The third-order valence-corrected chi connectivity index (χ3v) is 2.24. The van der Waals surface area contributed by atoms with E-state index in [2.05, 4.69) is 5.92 Å². The molecule has 0 fully saturated rings. The summed E-state index contributed by atoms with van der Waals surface area (Å²) in [5.41, 5.74) is 0.768. The van der Waals surface area contributed by atoms with Crippen molar-refractivity contribution in [3.8, 4) is 18.1 Å². The summed E-state index contributed by atoms with van der Waals surface area (Å²) in [6, 6.07) is 5.21. The fourth-order valence-corrected chi connectivity index (χ4v) is 1.36. The van der Waals surface area contributed by atoms with Gasteiger partial charge in [-0.3, -0.25) is 0 Å². The summed E-state index contributed by atoms with van der Waals surface area (Å²) >= 11 is 5.96. The SMILES string of the molecule is C#CCCOc1ccc(C(C)O)cc1Cl. The van der Waals surface area contributed by atoms with Crippen LogP contribution in [0.2, 0.25) is 5.02 Å². The lowest BCUT2D eigenvalue weighted by Crippen LogP contribution is -1.97. The fourth-order valence-electron chi connectivity index (χ4n) is 1.11. The summed E-state index contributed by atoms with van der Waals surface area (Å²) in [5.74, 6) is 3.07. The molecule has 0 radical (unpaired) electrons. The van der Waals surface area contributed by atoms with E-state index in [1.165, 1.54) is 0 Å².